The molecule has 122 valence electrons. The number of rotatable bonds is 4. The van der Waals surface area contributed by atoms with E-state index in [1.165, 1.54) is 6.92 Å². The Bertz CT molecular complexity index is 661. The Kier molecular flexibility index (Phi) is 5.32. The Labute approximate surface area is 135 Å². The van der Waals surface area contributed by atoms with Crippen molar-refractivity contribution in [1.29, 1.82) is 0 Å². The van der Waals surface area contributed by atoms with Crippen LogP contribution in [0.4, 0.5) is 0 Å². The van der Waals surface area contributed by atoms with Crippen LogP contribution in [0, 0.1) is 0 Å². The molecule has 0 saturated heterocycles. The third-order valence-electron chi connectivity index (χ3n) is 4.04. The number of hydrogen-bond donors (Lipinski definition) is 2. The molecule has 1 aromatic carbocycles. The number of aliphatic hydroxyl groups is 1. The second-order valence-corrected chi connectivity index (χ2v) is 5.70. The fourth-order valence-corrected chi connectivity index (χ4v) is 2.77. The number of allylic oxidation sites excluding steroid dienone is 2. The SMILES string of the molecule is CCC(O)=C1C(=O)C[C@H](c2ccccc2)CC1=N[C@H](C)C(=O)O. The van der Waals surface area contributed by atoms with Crippen LogP contribution in [-0.2, 0) is 9.59 Å². The Balaban J connectivity index is 2.43. The van der Waals surface area contributed by atoms with Gasteiger partial charge in [0.05, 0.1) is 11.3 Å². The number of carboxylic acid groups (broad SMARTS) is 1. The molecular weight excluding hydrogens is 294 g/mol. The van der Waals surface area contributed by atoms with E-state index in [1.54, 1.807) is 6.92 Å². The van der Waals surface area contributed by atoms with Crippen LogP contribution in [0.3, 0.4) is 0 Å². The normalized spacial score (nSPS) is 23.7. The smallest absolute Gasteiger partial charge is 0.328 e. The fourth-order valence-electron chi connectivity index (χ4n) is 2.77. The van der Waals surface area contributed by atoms with Crippen molar-refractivity contribution in [3.8, 4) is 0 Å². The van der Waals surface area contributed by atoms with Crippen molar-refractivity contribution >= 4 is 17.5 Å². The Morgan fingerprint density at radius 2 is 1.91 bits per heavy atom. The second kappa shape index (κ2) is 7.22. The minimum absolute atomic E-state index is 0.0159. The maximum atomic E-state index is 12.5. The van der Waals surface area contributed by atoms with Gasteiger partial charge in [-0.15, -0.1) is 0 Å². The van der Waals surface area contributed by atoms with Gasteiger partial charge in [0.1, 0.15) is 11.8 Å². The third-order valence-corrected chi connectivity index (χ3v) is 4.04. The molecule has 1 aliphatic rings. The van der Waals surface area contributed by atoms with Crippen molar-refractivity contribution < 1.29 is 19.8 Å². The van der Waals surface area contributed by atoms with Crippen LogP contribution >= 0.6 is 0 Å². The van der Waals surface area contributed by atoms with Crippen molar-refractivity contribution in [2.75, 3.05) is 0 Å². The summed E-state index contributed by atoms with van der Waals surface area (Å²) in [6, 6.07) is 8.67. The number of aliphatic imine (C=N–C) groups is 1. The predicted octanol–water partition coefficient (Wildman–Crippen LogP) is 3.27. The average molecular weight is 315 g/mol. The van der Waals surface area contributed by atoms with Gasteiger partial charge in [0.2, 0.25) is 0 Å². The zero-order chi connectivity index (χ0) is 17.0. The second-order valence-electron chi connectivity index (χ2n) is 5.70. The highest BCUT2D eigenvalue weighted by molar-refractivity contribution is 6.25. The minimum Gasteiger partial charge on any atom is -0.512 e. The van der Waals surface area contributed by atoms with Crippen LogP contribution in [0.2, 0.25) is 0 Å². The Morgan fingerprint density at radius 3 is 2.48 bits per heavy atom. The molecule has 1 aliphatic carbocycles. The van der Waals surface area contributed by atoms with Crippen molar-refractivity contribution in [2.24, 2.45) is 4.99 Å². The van der Waals surface area contributed by atoms with E-state index in [4.69, 9.17) is 5.11 Å². The lowest BCUT2D eigenvalue weighted by atomic mass is 9.78. The minimum atomic E-state index is -1.05. The Hall–Kier alpha value is -2.43. The third kappa shape index (κ3) is 3.86. The van der Waals surface area contributed by atoms with Gasteiger partial charge < -0.3 is 10.2 Å². The summed E-state index contributed by atoms with van der Waals surface area (Å²) in [5.41, 5.74) is 1.61. The van der Waals surface area contributed by atoms with Crippen molar-refractivity contribution in [3.63, 3.8) is 0 Å². The standard InChI is InChI=1S/C18H21NO4/c1-3-15(20)17-14(19-11(2)18(22)23)9-13(10-16(17)21)12-7-5-4-6-8-12/h4-8,11,13,20H,3,9-10H2,1-2H3,(H,22,23)/t11-,13-/m1/s1. The topological polar surface area (TPSA) is 87.0 Å². The molecule has 2 atom stereocenters. The molecule has 0 radical (unpaired) electrons. The first kappa shape index (κ1) is 16.9. The maximum Gasteiger partial charge on any atom is 0.328 e. The lowest BCUT2D eigenvalue weighted by Gasteiger charge is -2.26. The summed E-state index contributed by atoms with van der Waals surface area (Å²) >= 11 is 0. The van der Waals surface area contributed by atoms with Gasteiger partial charge in [-0.3, -0.25) is 9.79 Å². The molecule has 2 N–H and O–H groups in total. The van der Waals surface area contributed by atoms with Gasteiger partial charge in [0.25, 0.3) is 0 Å². The highest BCUT2D eigenvalue weighted by Crippen LogP contribution is 2.33. The largest absolute Gasteiger partial charge is 0.512 e. The molecule has 0 bridgehead atoms. The van der Waals surface area contributed by atoms with E-state index in [1.807, 2.05) is 30.3 Å². The zero-order valence-electron chi connectivity index (χ0n) is 13.3. The Morgan fingerprint density at radius 1 is 1.26 bits per heavy atom. The van der Waals surface area contributed by atoms with Gasteiger partial charge in [-0.2, -0.15) is 0 Å². The predicted molar refractivity (Wildman–Crippen MR) is 87.9 cm³/mol. The molecule has 5 heteroatoms. The monoisotopic (exact) mass is 315 g/mol. The van der Waals surface area contributed by atoms with Crippen molar-refractivity contribution in [3.05, 3.63) is 47.2 Å². The van der Waals surface area contributed by atoms with E-state index >= 15 is 0 Å². The van der Waals surface area contributed by atoms with E-state index in [9.17, 15) is 14.7 Å². The number of Topliss-reactive ketones (excluding diaryl/α,β-unsaturated/α-hetero) is 1. The summed E-state index contributed by atoms with van der Waals surface area (Å²) < 4.78 is 0. The van der Waals surface area contributed by atoms with Gasteiger partial charge in [-0.1, -0.05) is 37.3 Å². The summed E-state index contributed by atoms with van der Waals surface area (Å²) in [6.45, 7) is 3.21. The van der Waals surface area contributed by atoms with Crippen LogP contribution < -0.4 is 0 Å². The summed E-state index contributed by atoms with van der Waals surface area (Å²) in [4.78, 5) is 27.8. The number of ketones is 1. The molecule has 0 spiro atoms. The van der Waals surface area contributed by atoms with Crippen LogP contribution in [0.5, 0.6) is 0 Å². The van der Waals surface area contributed by atoms with Crippen molar-refractivity contribution in [1.82, 2.24) is 0 Å². The summed E-state index contributed by atoms with van der Waals surface area (Å²) in [6.07, 6.45) is 1.06. The van der Waals surface area contributed by atoms with E-state index < -0.39 is 12.0 Å². The number of benzene rings is 1. The van der Waals surface area contributed by atoms with Gasteiger partial charge in [0, 0.05) is 12.8 Å². The number of carbonyl (C=O) groups excluding carboxylic acids is 1. The highest BCUT2D eigenvalue weighted by Gasteiger charge is 2.32. The number of aliphatic carboxylic acids is 1. The molecule has 1 fully saturated rings. The summed E-state index contributed by atoms with van der Waals surface area (Å²) in [5.74, 6) is -1.29. The lowest BCUT2D eigenvalue weighted by molar-refractivity contribution is -0.138. The maximum absolute atomic E-state index is 12.5. The first-order chi connectivity index (χ1) is 10.9. The molecular formula is C18H21NO4. The number of nitrogens with zero attached hydrogens (tertiary/aromatic N) is 1. The van der Waals surface area contributed by atoms with Gasteiger partial charge >= 0.3 is 5.97 Å². The molecule has 0 unspecified atom stereocenters. The molecule has 0 aliphatic heterocycles. The van der Waals surface area contributed by atoms with E-state index in [-0.39, 0.29) is 23.0 Å². The molecule has 23 heavy (non-hydrogen) atoms. The quantitative estimate of drug-likeness (QED) is 0.659. The number of hydrogen-bond acceptors (Lipinski definition) is 4. The summed E-state index contributed by atoms with van der Waals surface area (Å²) in [5, 5.41) is 19.1. The van der Waals surface area contributed by atoms with Crippen LogP contribution in [0.1, 0.15) is 44.6 Å². The number of carboxylic acids is 1. The molecule has 1 saturated carbocycles. The number of carbonyl (C=O) groups is 2. The van der Waals surface area contributed by atoms with Gasteiger partial charge in [0.15, 0.2) is 5.78 Å². The number of aliphatic hydroxyl groups excluding tert-OH is 1. The molecule has 2 rings (SSSR count). The van der Waals surface area contributed by atoms with Crippen molar-refractivity contribution in [2.45, 2.75) is 45.1 Å². The lowest BCUT2D eigenvalue weighted by Crippen LogP contribution is -2.28. The molecule has 0 amide bonds. The van der Waals surface area contributed by atoms with E-state index in [0.717, 1.165) is 5.56 Å². The van der Waals surface area contributed by atoms with Crippen LogP contribution in [0.15, 0.2) is 46.7 Å². The van der Waals surface area contributed by atoms with Gasteiger partial charge in [-0.25, -0.2) is 4.79 Å². The average Bonchev–Trinajstić information content (AvgIpc) is 2.54. The van der Waals surface area contributed by atoms with Crippen LogP contribution in [0.25, 0.3) is 0 Å². The van der Waals surface area contributed by atoms with E-state index in [0.29, 0.717) is 25.0 Å². The summed E-state index contributed by atoms with van der Waals surface area (Å²) in [7, 11) is 0. The highest BCUT2D eigenvalue weighted by atomic mass is 16.4. The molecule has 5 nitrogen and oxygen atoms in total. The van der Waals surface area contributed by atoms with Gasteiger partial charge in [-0.05, 0) is 24.8 Å². The zero-order valence-corrected chi connectivity index (χ0v) is 13.3. The molecule has 0 heterocycles. The first-order valence-electron chi connectivity index (χ1n) is 7.74. The van der Waals surface area contributed by atoms with E-state index in [2.05, 4.69) is 4.99 Å². The van der Waals surface area contributed by atoms with Crippen LogP contribution in [-0.4, -0.2) is 33.7 Å². The molecule has 0 aromatic heterocycles. The first-order valence-corrected chi connectivity index (χ1v) is 7.74. The molecule has 1 aromatic rings. The fraction of sp³-hybridized carbons (Fsp3) is 0.389.